The molecule has 5 nitrogen and oxygen atoms in total. The molecule has 1 amide bonds. The number of rotatable bonds is 4. The molecule has 2 rings (SSSR count). The smallest absolute Gasteiger partial charge is 0.306 e. The molecule has 0 bridgehead atoms. The number of benzene rings is 1. The second-order valence-electron chi connectivity index (χ2n) is 3.88. The number of amides is 1. The summed E-state index contributed by atoms with van der Waals surface area (Å²) in [5, 5.41) is 8.53. The van der Waals surface area contributed by atoms with Gasteiger partial charge in [-0.3, -0.25) is 9.59 Å². The normalized spacial score (nSPS) is 13.7. The van der Waals surface area contributed by atoms with Crippen molar-refractivity contribution in [2.24, 2.45) is 0 Å². The van der Waals surface area contributed by atoms with E-state index in [9.17, 15) is 9.59 Å². The van der Waals surface area contributed by atoms with E-state index in [4.69, 9.17) is 9.84 Å². The Labute approximate surface area is 98.6 Å². The first-order chi connectivity index (χ1) is 8.09. The van der Waals surface area contributed by atoms with Crippen molar-refractivity contribution in [2.75, 3.05) is 18.6 Å². The van der Waals surface area contributed by atoms with Crippen LogP contribution in [-0.4, -0.2) is 30.6 Å². The first-order valence-corrected chi connectivity index (χ1v) is 5.32. The van der Waals surface area contributed by atoms with Crippen molar-refractivity contribution in [3.8, 4) is 5.75 Å². The van der Waals surface area contributed by atoms with Crippen molar-refractivity contribution in [2.45, 2.75) is 12.8 Å². The molecular weight excluding hydrogens is 222 g/mol. The predicted octanol–water partition coefficient (Wildman–Crippen LogP) is 1.06. The standard InChI is InChI=1S/C12H13NO4/c1-13-9-3-2-4-10(8(9)7-11(13)14)17-6-5-12(15)16/h2-4H,5-7H2,1H3,(H,15,16). The third-order valence-corrected chi connectivity index (χ3v) is 2.75. The Hall–Kier alpha value is -2.04. The van der Waals surface area contributed by atoms with Gasteiger partial charge in [-0.2, -0.15) is 0 Å². The maximum absolute atomic E-state index is 11.5. The molecule has 0 radical (unpaired) electrons. The molecule has 0 atom stereocenters. The lowest BCUT2D eigenvalue weighted by atomic mass is 10.1. The number of fused-ring (bicyclic) bond motifs is 1. The summed E-state index contributed by atoms with van der Waals surface area (Å²) in [6.45, 7) is 0.115. The van der Waals surface area contributed by atoms with Gasteiger partial charge in [0.15, 0.2) is 0 Å². The number of carboxylic acid groups (broad SMARTS) is 1. The zero-order chi connectivity index (χ0) is 12.4. The van der Waals surface area contributed by atoms with Crippen molar-refractivity contribution in [1.29, 1.82) is 0 Å². The third kappa shape index (κ3) is 2.22. The lowest BCUT2D eigenvalue weighted by Crippen LogP contribution is -2.20. The molecule has 90 valence electrons. The Bertz CT molecular complexity index is 470. The zero-order valence-electron chi connectivity index (χ0n) is 9.47. The van der Waals surface area contributed by atoms with Crippen LogP contribution in [0.1, 0.15) is 12.0 Å². The van der Waals surface area contributed by atoms with Crippen molar-refractivity contribution >= 4 is 17.6 Å². The van der Waals surface area contributed by atoms with Gasteiger partial charge in [0.05, 0.1) is 25.1 Å². The van der Waals surface area contributed by atoms with E-state index in [-0.39, 0.29) is 18.9 Å². The number of hydrogen-bond acceptors (Lipinski definition) is 3. The topological polar surface area (TPSA) is 66.8 Å². The minimum absolute atomic E-state index is 0.0225. The summed E-state index contributed by atoms with van der Waals surface area (Å²) in [4.78, 5) is 23.5. The molecular formula is C12H13NO4. The van der Waals surface area contributed by atoms with E-state index in [2.05, 4.69) is 0 Å². The largest absolute Gasteiger partial charge is 0.493 e. The van der Waals surface area contributed by atoms with E-state index in [0.717, 1.165) is 11.3 Å². The molecule has 17 heavy (non-hydrogen) atoms. The van der Waals surface area contributed by atoms with Crippen LogP contribution in [0, 0.1) is 0 Å². The van der Waals surface area contributed by atoms with Gasteiger partial charge in [-0.05, 0) is 12.1 Å². The van der Waals surface area contributed by atoms with Gasteiger partial charge in [-0.1, -0.05) is 6.07 Å². The molecule has 0 spiro atoms. The van der Waals surface area contributed by atoms with Crippen molar-refractivity contribution in [1.82, 2.24) is 0 Å². The van der Waals surface area contributed by atoms with Crippen LogP contribution >= 0.6 is 0 Å². The Morgan fingerprint density at radius 1 is 1.53 bits per heavy atom. The summed E-state index contributed by atoms with van der Waals surface area (Å²) in [5.74, 6) is -0.276. The summed E-state index contributed by atoms with van der Waals surface area (Å²) in [7, 11) is 1.72. The number of likely N-dealkylation sites (N-methyl/N-ethyl adjacent to an activating group) is 1. The fourth-order valence-corrected chi connectivity index (χ4v) is 1.83. The Morgan fingerprint density at radius 3 is 3.00 bits per heavy atom. The van der Waals surface area contributed by atoms with E-state index < -0.39 is 5.97 Å². The van der Waals surface area contributed by atoms with E-state index in [1.807, 2.05) is 6.07 Å². The molecule has 0 saturated carbocycles. The zero-order valence-corrected chi connectivity index (χ0v) is 9.47. The average molecular weight is 235 g/mol. The van der Waals surface area contributed by atoms with Gasteiger partial charge in [0.25, 0.3) is 0 Å². The SMILES string of the molecule is CN1C(=O)Cc2c(OCCC(=O)O)cccc21. The monoisotopic (exact) mass is 235 g/mol. The molecule has 0 aromatic heterocycles. The fraction of sp³-hybridized carbons (Fsp3) is 0.333. The van der Waals surface area contributed by atoms with Crippen LogP contribution in [0.2, 0.25) is 0 Å². The molecule has 1 aliphatic heterocycles. The van der Waals surface area contributed by atoms with Crippen LogP contribution < -0.4 is 9.64 Å². The Kier molecular flexibility index (Phi) is 2.99. The predicted molar refractivity (Wildman–Crippen MR) is 61.3 cm³/mol. The quantitative estimate of drug-likeness (QED) is 0.847. The van der Waals surface area contributed by atoms with Crippen LogP contribution in [0.15, 0.2) is 18.2 Å². The number of nitrogens with zero attached hydrogens (tertiary/aromatic N) is 1. The Morgan fingerprint density at radius 2 is 2.29 bits per heavy atom. The van der Waals surface area contributed by atoms with Crippen LogP contribution in [0.3, 0.4) is 0 Å². The van der Waals surface area contributed by atoms with Gasteiger partial charge in [0.1, 0.15) is 5.75 Å². The van der Waals surface area contributed by atoms with E-state index in [1.54, 1.807) is 24.1 Å². The highest BCUT2D eigenvalue weighted by Crippen LogP contribution is 2.34. The van der Waals surface area contributed by atoms with Crippen LogP contribution in [0.5, 0.6) is 5.75 Å². The minimum Gasteiger partial charge on any atom is -0.493 e. The number of hydrogen-bond donors (Lipinski definition) is 1. The summed E-state index contributed by atoms with van der Waals surface area (Å²) >= 11 is 0. The minimum atomic E-state index is -0.897. The first-order valence-electron chi connectivity index (χ1n) is 5.32. The average Bonchev–Trinajstić information content (AvgIpc) is 2.56. The van der Waals surface area contributed by atoms with E-state index >= 15 is 0 Å². The maximum atomic E-state index is 11.5. The maximum Gasteiger partial charge on any atom is 0.306 e. The summed E-state index contributed by atoms with van der Waals surface area (Å²) in [6.07, 6.45) is 0.266. The molecule has 0 unspecified atom stereocenters. The number of anilines is 1. The van der Waals surface area contributed by atoms with Crippen molar-refractivity contribution in [3.05, 3.63) is 23.8 Å². The molecule has 0 aliphatic carbocycles. The van der Waals surface area contributed by atoms with Gasteiger partial charge < -0.3 is 14.7 Å². The molecule has 1 aliphatic rings. The molecule has 5 heteroatoms. The van der Waals surface area contributed by atoms with Crippen LogP contribution in [0.25, 0.3) is 0 Å². The summed E-state index contributed by atoms with van der Waals surface area (Å²) in [5.41, 5.74) is 1.67. The first kappa shape index (κ1) is 11.4. The van der Waals surface area contributed by atoms with E-state index in [1.165, 1.54) is 0 Å². The molecule has 0 saturated heterocycles. The Balaban J connectivity index is 2.15. The van der Waals surface area contributed by atoms with Gasteiger partial charge in [-0.25, -0.2) is 0 Å². The second-order valence-corrected chi connectivity index (χ2v) is 3.88. The van der Waals surface area contributed by atoms with Crippen molar-refractivity contribution < 1.29 is 19.4 Å². The van der Waals surface area contributed by atoms with Crippen LogP contribution in [-0.2, 0) is 16.0 Å². The lowest BCUT2D eigenvalue weighted by Gasteiger charge is -2.12. The number of carbonyl (C=O) groups is 2. The van der Waals surface area contributed by atoms with Gasteiger partial charge >= 0.3 is 5.97 Å². The third-order valence-electron chi connectivity index (χ3n) is 2.75. The molecule has 1 aromatic rings. The van der Waals surface area contributed by atoms with Gasteiger partial charge in [-0.15, -0.1) is 0 Å². The number of ether oxygens (including phenoxy) is 1. The van der Waals surface area contributed by atoms with Crippen molar-refractivity contribution in [3.63, 3.8) is 0 Å². The fourth-order valence-electron chi connectivity index (χ4n) is 1.83. The van der Waals surface area contributed by atoms with Crippen LogP contribution in [0.4, 0.5) is 5.69 Å². The second kappa shape index (κ2) is 4.45. The van der Waals surface area contributed by atoms with Gasteiger partial charge in [0.2, 0.25) is 5.91 Å². The highest BCUT2D eigenvalue weighted by Gasteiger charge is 2.26. The molecule has 0 fully saturated rings. The summed E-state index contributed by atoms with van der Waals surface area (Å²) in [6, 6.07) is 5.40. The number of aliphatic carboxylic acids is 1. The highest BCUT2D eigenvalue weighted by molar-refractivity contribution is 6.01. The molecule has 1 heterocycles. The van der Waals surface area contributed by atoms with E-state index in [0.29, 0.717) is 12.2 Å². The highest BCUT2D eigenvalue weighted by atomic mass is 16.5. The number of carbonyl (C=O) groups excluding carboxylic acids is 1. The lowest BCUT2D eigenvalue weighted by molar-refractivity contribution is -0.137. The molecule has 1 aromatic carbocycles. The molecule has 1 N–H and O–H groups in total. The van der Waals surface area contributed by atoms with Gasteiger partial charge in [0, 0.05) is 12.6 Å². The number of carboxylic acids is 1. The summed E-state index contributed by atoms with van der Waals surface area (Å²) < 4.78 is 5.40.